The molecule has 2 N–H and O–H groups in total. The average molecular weight is 257 g/mol. The van der Waals surface area contributed by atoms with Gasteiger partial charge in [-0.05, 0) is 13.3 Å². The van der Waals surface area contributed by atoms with Gasteiger partial charge in [-0.1, -0.05) is 71.1 Å². The number of hydrogen-bond donors (Lipinski definition) is 1. The van der Waals surface area contributed by atoms with Gasteiger partial charge in [0, 0.05) is 12.6 Å². The van der Waals surface area contributed by atoms with E-state index in [1.807, 2.05) is 6.92 Å². The minimum Gasteiger partial charge on any atom is -0.380 e. The van der Waals surface area contributed by atoms with Gasteiger partial charge in [-0.3, -0.25) is 0 Å². The molecule has 110 valence electrons. The van der Waals surface area contributed by atoms with Gasteiger partial charge in [0.15, 0.2) is 0 Å². The molecule has 0 aliphatic rings. The SMILES string of the molecule is CCCCCCCCCCCCC(N)COCC. The summed E-state index contributed by atoms with van der Waals surface area (Å²) in [5.74, 6) is 0. The highest BCUT2D eigenvalue weighted by molar-refractivity contribution is 4.59. The van der Waals surface area contributed by atoms with Crippen LogP contribution < -0.4 is 5.73 Å². The van der Waals surface area contributed by atoms with Crippen LogP contribution in [0.1, 0.15) is 84.5 Å². The van der Waals surface area contributed by atoms with Gasteiger partial charge in [-0.25, -0.2) is 0 Å². The molecule has 0 rings (SSSR count). The summed E-state index contributed by atoms with van der Waals surface area (Å²) in [6, 6.07) is 0.249. The molecule has 1 unspecified atom stereocenters. The molecule has 2 heteroatoms. The second kappa shape index (κ2) is 15.0. The number of ether oxygens (including phenoxy) is 1. The standard InChI is InChI=1S/C16H35NO/c1-3-5-6-7-8-9-10-11-12-13-14-16(17)15-18-4-2/h16H,3-15,17H2,1-2H3. The zero-order valence-corrected chi connectivity index (χ0v) is 12.8. The van der Waals surface area contributed by atoms with E-state index >= 15 is 0 Å². The van der Waals surface area contributed by atoms with Crippen LogP contribution in [0.2, 0.25) is 0 Å². The maximum atomic E-state index is 5.94. The molecule has 0 saturated heterocycles. The molecule has 0 aliphatic heterocycles. The first-order chi connectivity index (χ1) is 8.81. The maximum Gasteiger partial charge on any atom is 0.0617 e. The Morgan fingerprint density at radius 3 is 1.78 bits per heavy atom. The number of rotatable bonds is 14. The summed E-state index contributed by atoms with van der Waals surface area (Å²) in [4.78, 5) is 0. The Morgan fingerprint density at radius 1 is 0.778 bits per heavy atom. The third-order valence-electron chi connectivity index (χ3n) is 3.46. The topological polar surface area (TPSA) is 35.2 Å². The van der Waals surface area contributed by atoms with Crippen LogP contribution in [0.4, 0.5) is 0 Å². The van der Waals surface area contributed by atoms with Crippen molar-refractivity contribution in [1.29, 1.82) is 0 Å². The van der Waals surface area contributed by atoms with E-state index in [1.165, 1.54) is 64.2 Å². The van der Waals surface area contributed by atoms with E-state index in [2.05, 4.69) is 6.92 Å². The lowest BCUT2D eigenvalue weighted by molar-refractivity contribution is 0.130. The largest absolute Gasteiger partial charge is 0.380 e. The van der Waals surface area contributed by atoms with Gasteiger partial charge in [-0.2, -0.15) is 0 Å². The minimum absolute atomic E-state index is 0.249. The zero-order chi connectivity index (χ0) is 13.5. The van der Waals surface area contributed by atoms with Crippen LogP contribution in [0.3, 0.4) is 0 Å². The van der Waals surface area contributed by atoms with Crippen LogP contribution in [-0.2, 0) is 4.74 Å². The molecular weight excluding hydrogens is 222 g/mol. The molecule has 0 aliphatic carbocycles. The molecule has 0 saturated carbocycles. The Labute approximate surface area is 115 Å². The van der Waals surface area contributed by atoms with Gasteiger partial charge in [0.2, 0.25) is 0 Å². The minimum atomic E-state index is 0.249. The second-order valence-electron chi connectivity index (χ2n) is 5.39. The van der Waals surface area contributed by atoms with Crippen molar-refractivity contribution >= 4 is 0 Å². The first kappa shape index (κ1) is 17.9. The smallest absolute Gasteiger partial charge is 0.0617 e. The average Bonchev–Trinajstić information content (AvgIpc) is 2.38. The molecule has 1 atom stereocenters. The summed E-state index contributed by atoms with van der Waals surface area (Å²) in [6.07, 6.45) is 15.0. The summed E-state index contributed by atoms with van der Waals surface area (Å²) in [5.41, 5.74) is 5.94. The molecule has 0 heterocycles. The lowest BCUT2D eigenvalue weighted by Crippen LogP contribution is -2.25. The second-order valence-corrected chi connectivity index (χ2v) is 5.39. The van der Waals surface area contributed by atoms with Crippen molar-refractivity contribution in [3.63, 3.8) is 0 Å². The number of hydrogen-bond acceptors (Lipinski definition) is 2. The van der Waals surface area contributed by atoms with Gasteiger partial charge in [0.05, 0.1) is 6.61 Å². The van der Waals surface area contributed by atoms with Crippen LogP contribution in [0.25, 0.3) is 0 Å². The van der Waals surface area contributed by atoms with Crippen LogP contribution in [0.5, 0.6) is 0 Å². The molecule has 2 nitrogen and oxygen atoms in total. The highest BCUT2D eigenvalue weighted by atomic mass is 16.5. The van der Waals surface area contributed by atoms with Gasteiger partial charge in [-0.15, -0.1) is 0 Å². The van der Waals surface area contributed by atoms with E-state index in [4.69, 9.17) is 10.5 Å². The van der Waals surface area contributed by atoms with Crippen LogP contribution in [0, 0.1) is 0 Å². The maximum absolute atomic E-state index is 5.94. The predicted molar refractivity (Wildman–Crippen MR) is 80.9 cm³/mol. The van der Waals surface area contributed by atoms with Crippen molar-refractivity contribution in [2.45, 2.75) is 90.5 Å². The van der Waals surface area contributed by atoms with E-state index in [-0.39, 0.29) is 6.04 Å². The fourth-order valence-corrected chi connectivity index (χ4v) is 2.25. The molecular formula is C16H35NO. The number of unbranched alkanes of at least 4 members (excludes halogenated alkanes) is 9. The van der Waals surface area contributed by atoms with E-state index in [0.717, 1.165) is 19.6 Å². The van der Waals surface area contributed by atoms with Gasteiger partial charge in [0.1, 0.15) is 0 Å². The zero-order valence-electron chi connectivity index (χ0n) is 12.8. The third kappa shape index (κ3) is 14.0. The van der Waals surface area contributed by atoms with Gasteiger partial charge < -0.3 is 10.5 Å². The van der Waals surface area contributed by atoms with Gasteiger partial charge >= 0.3 is 0 Å². The van der Waals surface area contributed by atoms with Crippen molar-refractivity contribution in [1.82, 2.24) is 0 Å². The Bertz CT molecular complexity index is 150. The normalized spacial score (nSPS) is 12.8. The fraction of sp³-hybridized carbons (Fsp3) is 1.00. The van der Waals surface area contributed by atoms with E-state index < -0.39 is 0 Å². The molecule has 0 bridgehead atoms. The lowest BCUT2D eigenvalue weighted by Gasteiger charge is -2.10. The van der Waals surface area contributed by atoms with Crippen LogP contribution in [-0.4, -0.2) is 19.3 Å². The highest BCUT2D eigenvalue weighted by Crippen LogP contribution is 2.11. The first-order valence-electron chi connectivity index (χ1n) is 8.14. The third-order valence-corrected chi connectivity index (χ3v) is 3.46. The van der Waals surface area contributed by atoms with E-state index in [1.54, 1.807) is 0 Å². The summed E-state index contributed by atoms with van der Waals surface area (Å²) >= 11 is 0. The number of nitrogens with two attached hydrogens (primary N) is 1. The predicted octanol–water partition coefficient (Wildman–Crippen LogP) is 4.66. The molecule has 0 fully saturated rings. The van der Waals surface area contributed by atoms with Crippen LogP contribution in [0.15, 0.2) is 0 Å². The van der Waals surface area contributed by atoms with E-state index in [0.29, 0.717) is 0 Å². The summed E-state index contributed by atoms with van der Waals surface area (Å²) < 4.78 is 5.31. The monoisotopic (exact) mass is 257 g/mol. The Morgan fingerprint density at radius 2 is 1.28 bits per heavy atom. The molecule has 0 amide bonds. The quantitative estimate of drug-likeness (QED) is 0.459. The molecule has 0 spiro atoms. The summed E-state index contributed by atoms with van der Waals surface area (Å²) in [6.45, 7) is 5.81. The van der Waals surface area contributed by atoms with E-state index in [9.17, 15) is 0 Å². The first-order valence-corrected chi connectivity index (χ1v) is 8.14. The van der Waals surface area contributed by atoms with Gasteiger partial charge in [0.25, 0.3) is 0 Å². The molecule has 0 aromatic heterocycles. The molecule has 0 aromatic carbocycles. The lowest BCUT2D eigenvalue weighted by atomic mass is 10.0. The summed E-state index contributed by atoms with van der Waals surface area (Å²) in [7, 11) is 0. The van der Waals surface area contributed by atoms with Crippen LogP contribution >= 0.6 is 0 Å². The van der Waals surface area contributed by atoms with Crippen molar-refractivity contribution in [3.8, 4) is 0 Å². The highest BCUT2D eigenvalue weighted by Gasteiger charge is 2.01. The molecule has 0 radical (unpaired) electrons. The summed E-state index contributed by atoms with van der Waals surface area (Å²) in [5, 5.41) is 0. The molecule has 18 heavy (non-hydrogen) atoms. The molecule has 0 aromatic rings. The van der Waals surface area contributed by atoms with Crippen molar-refractivity contribution in [2.24, 2.45) is 5.73 Å². The Kier molecular flexibility index (Phi) is 14.9. The fourth-order valence-electron chi connectivity index (χ4n) is 2.25. The van der Waals surface area contributed by atoms with Crippen molar-refractivity contribution in [2.75, 3.05) is 13.2 Å². The van der Waals surface area contributed by atoms with Crippen molar-refractivity contribution in [3.05, 3.63) is 0 Å². The Balaban J connectivity index is 3.02. The Hall–Kier alpha value is -0.0800. The van der Waals surface area contributed by atoms with Crippen molar-refractivity contribution < 1.29 is 4.74 Å².